The Morgan fingerprint density at radius 2 is 1.50 bits per heavy atom. The van der Waals surface area contributed by atoms with Crippen LogP contribution in [0.5, 0.6) is 0 Å². The number of urea groups is 2. The smallest absolute Gasteiger partial charge is 0.315 e. The first-order valence-corrected chi connectivity index (χ1v) is 14.1. The number of carbonyl (C=O) groups is 3. The first-order valence-electron chi connectivity index (χ1n) is 13.0. The number of halogens is 3. The highest BCUT2D eigenvalue weighted by Gasteiger charge is 2.55. The molecule has 0 spiro atoms. The van der Waals surface area contributed by atoms with Crippen molar-refractivity contribution in [1.29, 1.82) is 0 Å². The molecule has 5 amide bonds. The van der Waals surface area contributed by atoms with Crippen LogP contribution in [0.25, 0.3) is 0 Å². The number of hydroxylamine groups is 2. The summed E-state index contributed by atoms with van der Waals surface area (Å²) in [5.41, 5.74) is 3.00. The third kappa shape index (κ3) is 7.32. The van der Waals surface area contributed by atoms with E-state index in [0.29, 0.717) is 37.9 Å². The van der Waals surface area contributed by atoms with Crippen LogP contribution in [0, 0.1) is 0 Å². The highest BCUT2D eigenvalue weighted by atomic mass is 35.5. The van der Waals surface area contributed by atoms with E-state index in [0.717, 1.165) is 5.56 Å². The predicted octanol–water partition coefficient (Wildman–Crippen LogP) is 6.85. The minimum Gasteiger partial charge on any atom is -0.315 e. The average molecular weight is 632 g/mol. The van der Waals surface area contributed by atoms with E-state index >= 15 is 0 Å². The van der Waals surface area contributed by atoms with Crippen LogP contribution in [-0.2, 0) is 4.79 Å². The minimum atomic E-state index is -1.13. The molecule has 1 fully saturated rings. The topological polar surface area (TPSA) is 118 Å². The summed E-state index contributed by atoms with van der Waals surface area (Å²) in [6, 6.07) is 18.5. The average Bonchev–Trinajstić information content (AvgIpc) is 3.15. The molecule has 13 heteroatoms. The second-order valence-corrected chi connectivity index (χ2v) is 11.3. The fourth-order valence-electron chi connectivity index (χ4n) is 4.59. The number of hydrogen-bond donors (Lipinski definition) is 3. The normalized spacial score (nSPS) is 16.1. The van der Waals surface area contributed by atoms with Gasteiger partial charge in [-0.3, -0.25) is 14.9 Å². The molecular formula is C29H29Cl3N6O4. The van der Waals surface area contributed by atoms with E-state index in [9.17, 15) is 19.6 Å². The summed E-state index contributed by atoms with van der Waals surface area (Å²) in [7, 11) is 0. The lowest BCUT2D eigenvalue weighted by Crippen LogP contribution is -2.58. The number of nitrogens with zero attached hydrogens (tertiary/aromatic N) is 4. The molecule has 3 N–H and O–H groups in total. The maximum atomic E-state index is 13.8. The molecular weight excluding hydrogens is 603 g/mol. The lowest BCUT2D eigenvalue weighted by molar-refractivity contribution is -0.121. The van der Waals surface area contributed by atoms with Gasteiger partial charge in [0, 0.05) is 39.4 Å². The van der Waals surface area contributed by atoms with Gasteiger partial charge in [-0.15, -0.1) is 0 Å². The van der Waals surface area contributed by atoms with Gasteiger partial charge >= 0.3 is 12.1 Å². The van der Waals surface area contributed by atoms with E-state index in [1.54, 1.807) is 86.6 Å². The van der Waals surface area contributed by atoms with Crippen LogP contribution in [0.4, 0.5) is 21.0 Å². The van der Waals surface area contributed by atoms with E-state index in [1.165, 1.54) is 16.0 Å². The number of hydrogen-bond acceptors (Lipinski definition) is 5. The Morgan fingerprint density at radius 1 is 0.952 bits per heavy atom. The second-order valence-electron chi connectivity index (χ2n) is 10.0. The SMILES string of the molecule is CC1(C)C(N(O)C(=O)Nc2ccc(Cl)cc2)N(c2ccc(Cl)cc2)C(=O)N1CCCC(=O)N/N=C/c1ccc(Cl)cc1. The summed E-state index contributed by atoms with van der Waals surface area (Å²) >= 11 is 17.9. The number of benzene rings is 3. The van der Waals surface area contributed by atoms with Crippen LogP contribution in [0.1, 0.15) is 32.3 Å². The molecule has 1 saturated heterocycles. The van der Waals surface area contributed by atoms with E-state index in [-0.39, 0.29) is 18.9 Å². The fraction of sp³-hybridized carbons (Fsp3) is 0.241. The van der Waals surface area contributed by atoms with Gasteiger partial charge in [-0.25, -0.2) is 15.0 Å². The van der Waals surface area contributed by atoms with Crippen molar-refractivity contribution in [3.8, 4) is 0 Å². The number of anilines is 2. The first kappa shape index (κ1) is 31.1. The third-order valence-corrected chi connectivity index (χ3v) is 7.46. The number of nitrogens with one attached hydrogen (secondary N) is 2. The Bertz CT molecular complexity index is 1450. The molecule has 0 radical (unpaired) electrons. The summed E-state index contributed by atoms with van der Waals surface area (Å²) in [6.45, 7) is 3.65. The van der Waals surface area contributed by atoms with Crippen molar-refractivity contribution in [3.63, 3.8) is 0 Å². The van der Waals surface area contributed by atoms with Gasteiger partial charge in [-0.1, -0.05) is 46.9 Å². The fourth-order valence-corrected chi connectivity index (χ4v) is 4.97. The zero-order valence-electron chi connectivity index (χ0n) is 22.8. The summed E-state index contributed by atoms with van der Waals surface area (Å²) in [5, 5.41) is 19.8. The molecule has 220 valence electrons. The van der Waals surface area contributed by atoms with Gasteiger partial charge in [0.2, 0.25) is 5.91 Å². The van der Waals surface area contributed by atoms with Crippen LogP contribution in [0.15, 0.2) is 77.9 Å². The van der Waals surface area contributed by atoms with E-state index in [1.807, 2.05) is 0 Å². The first-order chi connectivity index (χ1) is 20.0. The quantitative estimate of drug-likeness (QED) is 0.136. The van der Waals surface area contributed by atoms with Crippen LogP contribution >= 0.6 is 34.8 Å². The van der Waals surface area contributed by atoms with Gasteiger partial charge < -0.3 is 10.2 Å². The van der Waals surface area contributed by atoms with Gasteiger partial charge in [0.05, 0.1) is 11.8 Å². The van der Waals surface area contributed by atoms with Crippen LogP contribution in [0.2, 0.25) is 15.1 Å². The van der Waals surface area contributed by atoms with Crippen molar-refractivity contribution >= 4 is 70.4 Å². The molecule has 42 heavy (non-hydrogen) atoms. The van der Waals surface area contributed by atoms with Gasteiger partial charge in [-0.05, 0) is 86.5 Å². The van der Waals surface area contributed by atoms with Crippen molar-refractivity contribution in [1.82, 2.24) is 15.4 Å². The van der Waals surface area contributed by atoms with Gasteiger partial charge in [0.15, 0.2) is 6.17 Å². The molecule has 1 heterocycles. The molecule has 3 aromatic rings. The summed E-state index contributed by atoms with van der Waals surface area (Å²) < 4.78 is 0. The van der Waals surface area contributed by atoms with E-state index in [2.05, 4.69) is 15.8 Å². The zero-order valence-corrected chi connectivity index (χ0v) is 25.1. The molecule has 1 aliphatic rings. The highest BCUT2D eigenvalue weighted by Crippen LogP contribution is 2.38. The standard InChI is InChI=1S/C29H29Cl3N6O4/c1-29(2)26(38(42)27(40)34-23-13-9-21(31)10-14-23)37(24-15-11-22(32)12-16-24)28(41)36(29)17-3-4-25(39)35-33-18-19-5-7-20(30)8-6-19/h5-16,18,26,42H,3-4,17H2,1-2H3,(H,34,40)(H,35,39)/b33-18+. The Kier molecular flexibility index (Phi) is 9.95. The Balaban J connectivity index is 1.47. The molecule has 4 rings (SSSR count). The van der Waals surface area contributed by atoms with Crippen molar-refractivity contribution in [2.45, 2.75) is 38.4 Å². The highest BCUT2D eigenvalue weighted by molar-refractivity contribution is 6.31. The zero-order chi connectivity index (χ0) is 30.4. The number of carbonyl (C=O) groups excluding carboxylic acids is 3. The molecule has 0 aromatic heterocycles. The van der Waals surface area contributed by atoms with Crippen LogP contribution < -0.4 is 15.6 Å². The summed E-state index contributed by atoms with van der Waals surface area (Å²) in [5.74, 6) is -0.332. The molecule has 0 aliphatic carbocycles. The van der Waals surface area contributed by atoms with Gasteiger partial charge in [-0.2, -0.15) is 10.2 Å². The minimum absolute atomic E-state index is 0.0866. The largest absolute Gasteiger partial charge is 0.347 e. The maximum absolute atomic E-state index is 13.8. The van der Waals surface area contributed by atoms with Crippen molar-refractivity contribution in [2.75, 3.05) is 16.8 Å². The lowest BCUT2D eigenvalue weighted by atomic mass is 9.99. The third-order valence-electron chi connectivity index (χ3n) is 6.71. The Morgan fingerprint density at radius 3 is 2.10 bits per heavy atom. The monoisotopic (exact) mass is 630 g/mol. The molecule has 1 aliphatic heterocycles. The van der Waals surface area contributed by atoms with E-state index in [4.69, 9.17) is 34.8 Å². The van der Waals surface area contributed by atoms with Crippen molar-refractivity contribution in [3.05, 3.63) is 93.4 Å². The number of hydrazone groups is 1. The summed E-state index contributed by atoms with van der Waals surface area (Å²) in [4.78, 5) is 42.1. The molecule has 1 atom stereocenters. The summed E-state index contributed by atoms with van der Waals surface area (Å²) in [6.07, 6.45) is 0.766. The molecule has 0 saturated carbocycles. The Labute approximate surface area is 258 Å². The van der Waals surface area contributed by atoms with Crippen LogP contribution in [-0.4, -0.2) is 57.6 Å². The van der Waals surface area contributed by atoms with Gasteiger partial charge in [0.1, 0.15) is 0 Å². The molecule has 3 aromatic carbocycles. The Hall–Kier alpha value is -3.83. The van der Waals surface area contributed by atoms with Crippen molar-refractivity contribution < 1.29 is 19.6 Å². The van der Waals surface area contributed by atoms with Crippen LogP contribution in [0.3, 0.4) is 0 Å². The van der Waals surface area contributed by atoms with E-state index < -0.39 is 23.8 Å². The maximum Gasteiger partial charge on any atom is 0.347 e. The number of amides is 5. The molecule has 0 bridgehead atoms. The van der Waals surface area contributed by atoms with Gasteiger partial charge in [0.25, 0.3) is 0 Å². The molecule has 1 unspecified atom stereocenters. The lowest BCUT2D eigenvalue weighted by Gasteiger charge is -2.38. The number of rotatable bonds is 9. The predicted molar refractivity (Wildman–Crippen MR) is 164 cm³/mol. The van der Waals surface area contributed by atoms with Crippen molar-refractivity contribution in [2.24, 2.45) is 5.10 Å². The second kappa shape index (κ2) is 13.4. The molecule has 10 nitrogen and oxygen atoms in total.